The molecular formula is C20H25N3O4. The van der Waals surface area contributed by atoms with Crippen molar-refractivity contribution in [2.24, 2.45) is 0 Å². The fourth-order valence-corrected chi connectivity index (χ4v) is 3.20. The second-order valence-electron chi connectivity index (χ2n) is 6.61. The lowest BCUT2D eigenvalue weighted by atomic mass is 10.1. The van der Waals surface area contributed by atoms with E-state index < -0.39 is 0 Å². The van der Waals surface area contributed by atoms with Crippen LogP contribution >= 0.6 is 0 Å². The Morgan fingerprint density at radius 2 is 1.63 bits per heavy atom. The molecule has 27 heavy (non-hydrogen) atoms. The summed E-state index contributed by atoms with van der Waals surface area (Å²) in [5.74, 6) is 2.47. The molecule has 0 bridgehead atoms. The average molecular weight is 371 g/mol. The molecule has 1 aliphatic rings. The van der Waals surface area contributed by atoms with Crippen molar-refractivity contribution in [3.8, 4) is 17.4 Å². The van der Waals surface area contributed by atoms with Crippen LogP contribution in [0.1, 0.15) is 34.7 Å². The lowest BCUT2D eigenvalue weighted by molar-refractivity contribution is 0.0586. The first-order chi connectivity index (χ1) is 13.0. The highest BCUT2D eigenvalue weighted by Gasteiger charge is 2.25. The summed E-state index contributed by atoms with van der Waals surface area (Å²) >= 11 is 0. The fourth-order valence-electron chi connectivity index (χ4n) is 3.20. The van der Waals surface area contributed by atoms with E-state index in [1.165, 1.54) is 0 Å². The summed E-state index contributed by atoms with van der Waals surface area (Å²) in [5, 5.41) is 0. The summed E-state index contributed by atoms with van der Waals surface area (Å²) in [6.07, 6.45) is 1.56. The number of hydrogen-bond donors (Lipinski definition) is 0. The second-order valence-corrected chi connectivity index (χ2v) is 6.61. The van der Waals surface area contributed by atoms with Crippen molar-refractivity contribution in [1.29, 1.82) is 0 Å². The largest absolute Gasteiger partial charge is 0.497 e. The van der Waals surface area contributed by atoms with Crippen LogP contribution in [-0.4, -0.2) is 54.2 Å². The van der Waals surface area contributed by atoms with Gasteiger partial charge in [-0.25, -0.2) is 4.98 Å². The van der Waals surface area contributed by atoms with Gasteiger partial charge in [0.1, 0.15) is 23.4 Å². The van der Waals surface area contributed by atoms with E-state index in [0.29, 0.717) is 41.9 Å². The van der Waals surface area contributed by atoms with Crippen LogP contribution in [0.3, 0.4) is 0 Å². The first-order valence-corrected chi connectivity index (χ1v) is 9.00. The van der Waals surface area contributed by atoms with E-state index in [1.807, 2.05) is 24.8 Å². The Balaban J connectivity index is 1.62. The minimum atomic E-state index is -0.0284. The Morgan fingerprint density at radius 3 is 2.19 bits per heavy atom. The van der Waals surface area contributed by atoms with Crippen LogP contribution in [0.15, 0.2) is 24.3 Å². The monoisotopic (exact) mass is 371 g/mol. The molecule has 0 spiro atoms. The van der Waals surface area contributed by atoms with Crippen LogP contribution in [-0.2, 0) is 0 Å². The number of hydrogen-bond acceptors (Lipinski definition) is 6. The minimum Gasteiger partial charge on any atom is -0.497 e. The molecule has 0 unspecified atom stereocenters. The van der Waals surface area contributed by atoms with E-state index in [-0.39, 0.29) is 12.0 Å². The van der Waals surface area contributed by atoms with Crippen molar-refractivity contribution in [3.05, 3.63) is 41.3 Å². The zero-order chi connectivity index (χ0) is 19.4. The van der Waals surface area contributed by atoms with Crippen LogP contribution in [0.2, 0.25) is 0 Å². The molecule has 0 N–H and O–H groups in total. The molecule has 7 heteroatoms. The Hall–Kier alpha value is -2.83. The van der Waals surface area contributed by atoms with Crippen molar-refractivity contribution >= 4 is 5.91 Å². The number of carbonyl (C=O) groups is 1. The summed E-state index contributed by atoms with van der Waals surface area (Å²) in [7, 11) is 3.14. The Bertz CT molecular complexity index is 774. The summed E-state index contributed by atoms with van der Waals surface area (Å²) in [6, 6.07) is 7.06. The van der Waals surface area contributed by atoms with E-state index in [2.05, 4.69) is 9.97 Å². The van der Waals surface area contributed by atoms with Crippen LogP contribution in [0.4, 0.5) is 0 Å². The summed E-state index contributed by atoms with van der Waals surface area (Å²) < 4.78 is 16.5. The van der Waals surface area contributed by atoms with Crippen molar-refractivity contribution in [2.45, 2.75) is 32.8 Å². The molecule has 1 amide bonds. The number of carbonyl (C=O) groups excluding carboxylic acids is 1. The van der Waals surface area contributed by atoms with Gasteiger partial charge < -0.3 is 19.1 Å². The molecule has 1 fully saturated rings. The Morgan fingerprint density at radius 1 is 1.00 bits per heavy atom. The standard InChI is InChI=1S/C20H25N3O4/c1-13-9-19(22-14(2)21-13)27-16-5-7-23(8-6-16)20(24)15-10-17(25-3)12-18(11-15)26-4/h9-12,16H,5-8H2,1-4H3. The lowest BCUT2D eigenvalue weighted by Crippen LogP contribution is -2.41. The molecule has 7 nitrogen and oxygen atoms in total. The van der Waals surface area contributed by atoms with Gasteiger partial charge in [-0.2, -0.15) is 4.98 Å². The average Bonchev–Trinajstić information content (AvgIpc) is 2.66. The number of rotatable bonds is 5. The van der Waals surface area contributed by atoms with E-state index in [1.54, 1.807) is 32.4 Å². The number of methoxy groups -OCH3 is 2. The third-order valence-electron chi connectivity index (χ3n) is 4.56. The van der Waals surface area contributed by atoms with Crippen molar-refractivity contribution < 1.29 is 19.0 Å². The van der Waals surface area contributed by atoms with Crippen molar-refractivity contribution in [3.63, 3.8) is 0 Å². The third kappa shape index (κ3) is 4.67. The number of nitrogens with zero attached hydrogens (tertiary/aromatic N) is 3. The van der Waals surface area contributed by atoms with Gasteiger partial charge in [-0.05, 0) is 26.0 Å². The number of aromatic nitrogens is 2. The molecule has 0 atom stereocenters. The van der Waals surface area contributed by atoms with Gasteiger partial charge in [-0.1, -0.05) is 0 Å². The summed E-state index contributed by atoms with van der Waals surface area (Å²) in [6.45, 7) is 5.03. The lowest BCUT2D eigenvalue weighted by Gasteiger charge is -2.32. The predicted molar refractivity (Wildman–Crippen MR) is 101 cm³/mol. The predicted octanol–water partition coefficient (Wildman–Crippen LogP) is 2.79. The Kier molecular flexibility index (Phi) is 5.78. The van der Waals surface area contributed by atoms with Gasteiger partial charge in [0, 0.05) is 49.3 Å². The third-order valence-corrected chi connectivity index (χ3v) is 4.56. The molecule has 0 radical (unpaired) electrons. The van der Waals surface area contributed by atoms with Gasteiger partial charge in [0.2, 0.25) is 5.88 Å². The number of aryl methyl sites for hydroxylation is 2. The fraction of sp³-hybridized carbons (Fsp3) is 0.450. The Labute approximate surface area is 159 Å². The molecule has 144 valence electrons. The summed E-state index contributed by atoms with van der Waals surface area (Å²) in [4.78, 5) is 23.3. The van der Waals surface area contributed by atoms with Gasteiger partial charge >= 0.3 is 0 Å². The van der Waals surface area contributed by atoms with Gasteiger partial charge in [0.05, 0.1) is 14.2 Å². The van der Waals surface area contributed by atoms with Crippen LogP contribution in [0.25, 0.3) is 0 Å². The molecule has 2 aromatic rings. The maximum absolute atomic E-state index is 12.8. The molecule has 1 saturated heterocycles. The molecule has 0 aliphatic carbocycles. The van der Waals surface area contributed by atoms with E-state index in [0.717, 1.165) is 18.5 Å². The smallest absolute Gasteiger partial charge is 0.254 e. The van der Waals surface area contributed by atoms with Crippen LogP contribution < -0.4 is 14.2 Å². The minimum absolute atomic E-state index is 0.0284. The summed E-state index contributed by atoms with van der Waals surface area (Å²) in [5.41, 5.74) is 1.45. The highest BCUT2D eigenvalue weighted by molar-refractivity contribution is 5.95. The number of piperidine rings is 1. The maximum Gasteiger partial charge on any atom is 0.254 e. The topological polar surface area (TPSA) is 73.8 Å². The highest BCUT2D eigenvalue weighted by Crippen LogP contribution is 2.25. The van der Waals surface area contributed by atoms with Crippen LogP contribution in [0.5, 0.6) is 17.4 Å². The molecule has 1 aromatic carbocycles. The number of amides is 1. The van der Waals surface area contributed by atoms with E-state index in [9.17, 15) is 4.79 Å². The zero-order valence-electron chi connectivity index (χ0n) is 16.2. The number of ether oxygens (including phenoxy) is 3. The normalized spacial score (nSPS) is 14.7. The van der Waals surface area contributed by atoms with Crippen LogP contribution in [0, 0.1) is 13.8 Å². The van der Waals surface area contributed by atoms with Gasteiger partial charge in [-0.3, -0.25) is 4.79 Å². The SMILES string of the molecule is COc1cc(OC)cc(C(=O)N2CCC(Oc3cc(C)nc(C)n3)CC2)c1. The van der Waals surface area contributed by atoms with E-state index in [4.69, 9.17) is 14.2 Å². The zero-order valence-corrected chi connectivity index (χ0v) is 16.2. The highest BCUT2D eigenvalue weighted by atomic mass is 16.5. The van der Waals surface area contributed by atoms with Crippen molar-refractivity contribution in [2.75, 3.05) is 27.3 Å². The molecule has 2 heterocycles. The van der Waals surface area contributed by atoms with E-state index >= 15 is 0 Å². The van der Waals surface area contributed by atoms with Gasteiger partial charge in [0.15, 0.2) is 0 Å². The second kappa shape index (κ2) is 8.24. The molecule has 1 aromatic heterocycles. The molecule has 0 saturated carbocycles. The first kappa shape index (κ1) is 18.9. The van der Waals surface area contributed by atoms with Crippen molar-refractivity contribution in [1.82, 2.24) is 14.9 Å². The number of likely N-dealkylation sites (tertiary alicyclic amines) is 1. The first-order valence-electron chi connectivity index (χ1n) is 9.00. The quantitative estimate of drug-likeness (QED) is 0.805. The molecule has 3 rings (SSSR count). The van der Waals surface area contributed by atoms with Gasteiger partial charge in [-0.15, -0.1) is 0 Å². The van der Waals surface area contributed by atoms with Gasteiger partial charge in [0.25, 0.3) is 5.91 Å². The number of benzene rings is 1. The molecule has 1 aliphatic heterocycles. The maximum atomic E-state index is 12.8. The molecular weight excluding hydrogens is 346 g/mol.